The van der Waals surface area contributed by atoms with Crippen molar-refractivity contribution in [1.29, 1.82) is 0 Å². The highest BCUT2D eigenvalue weighted by Gasteiger charge is 2.26. The minimum absolute atomic E-state index is 0.401. The lowest BCUT2D eigenvalue weighted by Gasteiger charge is -2.28. The Hall–Kier alpha value is -2.93. The Morgan fingerprint density at radius 1 is 0.750 bits per heavy atom. The van der Waals surface area contributed by atoms with Crippen molar-refractivity contribution in [2.75, 3.05) is 0 Å². The van der Waals surface area contributed by atoms with Crippen molar-refractivity contribution in [3.05, 3.63) is 102 Å². The zero-order valence-corrected chi connectivity index (χ0v) is 13.3. The van der Waals surface area contributed by atoms with E-state index >= 15 is 0 Å². The molecule has 1 aliphatic rings. The molecule has 0 radical (unpaired) electrons. The lowest BCUT2D eigenvalue weighted by molar-refractivity contribution is 0.790. The van der Waals surface area contributed by atoms with Crippen molar-refractivity contribution in [1.82, 2.24) is 4.98 Å². The Labute approximate surface area is 141 Å². The summed E-state index contributed by atoms with van der Waals surface area (Å²) in [7, 11) is 0. The van der Waals surface area contributed by atoms with E-state index in [0.29, 0.717) is 5.92 Å². The van der Waals surface area contributed by atoms with E-state index in [1.165, 1.54) is 27.6 Å². The molecule has 4 aromatic rings. The summed E-state index contributed by atoms with van der Waals surface area (Å²) in [6.07, 6.45) is 1.01. The second-order valence-corrected chi connectivity index (χ2v) is 6.44. The van der Waals surface area contributed by atoms with Gasteiger partial charge in [0.25, 0.3) is 0 Å². The van der Waals surface area contributed by atoms with Crippen molar-refractivity contribution in [2.45, 2.75) is 12.3 Å². The number of benzene rings is 3. The molecule has 1 heteroatoms. The first kappa shape index (κ1) is 13.5. The lowest BCUT2D eigenvalue weighted by atomic mass is 9.77. The molecule has 0 aliphatic heterocycles. The van der Waals surface area contributed by atoms with Gasteiger partial charge in [0.1, 0.15) is 0 Å². The lowest BCUT2D eigenvalue weighted by Crippen LogP contribution is -2.13. The number of rotatable bonds is 1. The number of fused-ring (bicyclic) bond motifs is 4. The van der Waals surface area contributed by atoms with Gasteiger partial charge in [-0.05, 0) is 35.2 Å². The molecular weight excluding hydrogens is 290 g/mol. The molecule has 0 N–H and O–H groups in total. The van der Waals surface area contributed by atoms with Gasteiger partial charge in [0, 0.05) is 16.9 Å². The van der Waals surface area contributed by atoms with Crippen molar-refractivity contribution in [3.8, 4) is 11.3 Å². The zero-order valence-electron chi connectivity index (χ0n) is 13.3. The second kappa shape index (κ2) is 5.31. The first-order valence-electron chi connectivity index (χ1n) is 8.43. The van der Waals surface area contributed by atoms with Crippen molar-refractivity contribution in [2.24, 2.45) is 0 Å². The van der Waals surface area contributed by atoms with Crippen LogP contribution in [0, 0.1) is 0 Å². The van der Waals surface area contributed by atoms with Gasteiger partial charge in [-0.1, -0.05) is 72.8 Å². The molecule has 24 heavy (non-hydrogen) atoms. The van der Waals surface area contributed by atoms with Crippen LogP contribution in [0.2, 0.25) is 0 Å². The summed E-state index contributed by atoms with van der Waals surface area (Å²) >= 11 is 0. The van der Waals surface area contributed by atoms with Crippen LogP contribution < -0.4 is 0 Å². The van der Waals surface area contributed by atoms with E-state index in [-0.39, 0.29) is 0 Å². The molecule has 1 unspecified atom stereocenters. The van der Waals surface area contributed by atoms with E-state index in [0.717, 1.165) is 17.6 Å². The Bertz CT molecular complexity index is 1030. The molecule has 1 nitrogen and oxygen atoms in total. The number of nitrogens with zero attached hydrogens (tertiary/aromatic N) is 1. The van der Waals surface area contributed by atoms with E-state index in [1.54, 1.807) is 0 Å². The third kappa shape index (κ3) is 2.05. The van der Waals surface area contributed by atoms with E-state index < -0.39 is 0 Å². The van der Waals surface area contributed by atoms with Crippen LogP contribution in [0.4, 0.5) is 0 Å². The first-order valence-corrected chi connectivity index (χ1v) is 8.43. The summed E-state index contributed by atoms with van der Waals surface area (Å²) in [6.45, 7) is 0. The molecule has 0 spiro atoms. The molecule has 0 saturated carbocycles. The van der Waals surface area contributed by atoms with Crippen LogP contribution in [-0.2, 0) is 6.42 Å². The van der Waals surface area contributed by atoms with Gasteiger partial charge in [-0.3, -0.25) is 0 Å². The van der Waals surface area contributed by atoms with E-state index in [4.69, 9.17) is 4.98 Å². The molecule has 1 aliphatic carbocycles. The highest BCUT2D eigenvalue weighted by Crippen LogP contribution is 2.42. The average molecular weight is 307 g/mol. The standard InChI is InChI=1S/C23H17N/c1-2-8-16(9-3-1)21-15-18-14-17-10-4-7-13-22(17)24-23(18)20-12-6-5-11-19(20)21/h1-14,21H,15H2. The van der Waals surface area contributed by atoms with E-state index in [1.807, 2.05) is 0 Å². The fourth-order valence-electron chi connectivity index (χ4n) is 3.88. The summed E-state index contributed by atoms with van der Waals surface area (Å²) in [5.74, 6) is 0.401. The molecule has 5 rings (SSSR count). The smallest absolute Gasteiger partial charge is 0.0745 e. The average Bonchev–Trinajstić information content (AvgIpc) is 2.66. The minimum atomic E-state index is 0.401. The van der Waals surface area contributed by atoms with Gasteiger partial charge in [-0.25, -0.2) is 4.98 Å². The summed E-state index contributed by atoms with van der Waals surface area (Å²) in [5, 5.41) is 1.22. The SMILES string of the molecule is c1ccc(C2Cc3cc4ccccc4nc3-c3ccccc32)cc1. The van der Waals surface area contributed by atoms with Crippen LogP contribution in [0.15, 0.2) is 84.9 Å². The van der Waals surface area contributed by atoms with Gasteiger partial charge in [-0.2, -0.15) is 0 Å². The molecule has 114 valence electrons. The molecule has 0 amide bonds. The molecule has 3 aromatic carbocycles. The van der Waals surface area contributed by atoms with Crippen molar-refractivity contribution in [3.63, 3.8) is 0 Å². The van der Waals surface area contributed by atoms with Gasteiger partial charge >= 0.3 is 0 Å². The quantitative estimate of drug-likeness (QED) is 0.447. The monoisotopic (exact) mass is 307 g/mol. The Balaban J connectivity index is 1.77. The normalized spacial score (nSPS) is 15.8. The largest absolute Gasteiger partial charge is 0.247 e. The van der Waals surface area contributed by atoms with Crippen LogP contribution in [-0.4, -0.2) is 4.98 Å². The molecular formula is C23H17N. The molecule has 0 bridgehead atoms. The summed E-state index contributed by atoms with van der Waals surface area (Å²) in [5.41, 5.74) is 7.61. The van der Waals surface area contributed by atoms with Gasteiger partial charge in [0.05, 0.1) is 11.2 Å². The summed E-state index contributed by atoms with van der Waals surface area (Å²) in [6, 6.07) is 30.3. The van der Waals surface area contributed by atoms with Crippen LogP contribution in [0.5, 0.6) is 0 Å². The number of hydrogen-bond acceptors (Lipinski definition) is 1. The van der Waals surface area contributed by atoms with Gasteiger partial charge in [-0.15, -0.1) is 0 Å². The van der Waals surface area contributed by atoms with Gasteiger partial charge in [0.2, 0.25) is 0 Å². The third-order valence-electron chi connectivity index (χ3n) is 5.02. The number of hydrogen-bond donors (Lipinski definition) is 0. The number of pyridine rings is 1. The highest BCUT2D eigenvalue weighted by atomic mass is 14.7. The van der Waals surface area contributed by atoms with Crippen LogP contribution in [0.25, 0.3) is 22.2 Å². The Morgan fingerprint density at radius 2 is 1.50 bits per heavy atom. The minimum Gasteiger partial charge on any atom is -0.247 e. The molecule has 0 saturated heterocycles. The Kier molecular flexibility index (Phi) is 2.99. The fourth-order valence-corrected chi connectivity index (χ4v) is 3.88. The van der Waals surface area contributed by atoms with Crippen LogP contribution >= 0.6 is 0 Å². The van der Waals surface area contributed by atoms with Crippen molar-refractivity contribution < 1.29 is 0 Å². The molecule has 1 aromatic heterocycles. The molecule has 1 atom stereocenters. The summed E-state index contributed by atoms with van der Waals surface area (Å²) in [4.78, 5) is 4.99. The maximum Gasteiger partial charge on any atom is 0.0745 e. The molecule has 0 fully saturated rings. The van der Waals surface area contributed by atoms with Gasteiger partial charge < -0.3 is 0 Å². The third-order valence-corrected chi connectivity index (χ3v) is 5.02. The van der Waals surface area contributed by atoms with E-state index in [9.17, 15) is 0 Å². The predicted octanol–water partition coefficient (Wildman–Crippen LogP) is 5.59. The maximum atomic E-state index is 4.99. The predicted molar refractivity (Wildman–Crippen MR) is 99.2 cm³/mol. The topological polar surface area (TPSA) is 12.9 Å². The fraction of sp³-hybridized carbons (Fsp3) is 0.0870. The Morgan fingerprint density at radius 3 is 2.42 bits per heavy atom. The van der Waals surface area contributed by atoms with Crippen molar-refractivity contribution >= 4 is 10.9 Å². The van der Waals surface area contributed by atoms with Crippen LogP contribution in [0.1, 0.15) is 22.6 Å². The maximum absolute atomic E-state index is 4.99. The number of para-hydroxylation sites is 1. The summed E-state index contributed by atoms with van der Waals surface area (Å²) < 4.78 is 0. The number of aromatic nitrogens is 1. The first-order chi connectivity index (χ1) is 11.9. The zero-order chi connectivity index (χ0) is 15.9. The molecule has 1 heterocycles. The van der Waals surface area contributed by atoms with Crippen LogP contribution in [0.3, 0.4) is 0 Å². The highest BCUT2D eigenvalue weighted by molar-refractivity contribution is 5.85. The van der Waals surface area contributed by atoms with E-state index in [2.05, 4.69) is 84.9 Å². The van der Waals surface area contributed by atoms with Gasteiger partial charge in [0.15, 0.2) is 0 Å². The second-order valence-electron chi connectivity index (χ2n) is 6.44.